The standard InChI is InChI=1S/C15H23F3N2O/c1-11(2)19-9-13-4-5-14(8-12(13)3)20(6-7-21)10-15(16,17)18/h4-5,8,11,19,21H,6-7,9-10H2,1-3H3. The van der Waals surface area contributed by atoms with Gasteiger partial charge in [0.2, 0.25) is 0 Å². The van der Waals surface area contributed by atoms with Gasteiger partial charge in [-0.2, -0.15) is 13.2 Å². The lowest BCUT2D eigenvalue weighted by Crippen LogP contribution is -2.36. The molecule has 21 heavy (non-hydrogen) atoms. The van der Waals surface area contributed by atoms with Crippen molar-refractivity contribution in [1.29, 1.82) is 0 Å². The molecule has 1 aromatic carbocycles. The Morgan fingerprint density at radius 3 is 2.43 bits per heavy atom. The molecule has 6 heteroatoms. The van der Waals surface area contributed by atoms with Gasteiger partial charge in [-0.1, -0.05) is 19.9 Å². The normalized spacial score (nSPS) is 12.0. The maximum Gasteiger partial charge on any atom is 0.405 e. The van der Waals surface area contributed by atoms with Crippen LogP contribution in [0, 0.1) is 6.92 Å². The molecule has 0 heterocycles. The van der Waals surface area contributed by atoms with E-state index in [9.17, 15) is 13.2 Å². The molecule has 1 aromatic rings. The lowest BCUT2D eigenvalue weighted by Gasteiger charge is -2.26. The fraction of sp³-hybridized carbons (Fsp3) is 0.600. The average Bonchev–Trinajstić information content (AvgIpc) is 2.35. The number of aryl methyl sites for hydroxylation is 1. The molecule has 120 valence electrons. The highest BCUT2D eigenvalue weighted by molar-refractivity contribution is 5.51. The van der Waals surface area contributed by atoms with E-state index in [1.165, 1.54) is 0 Å². The van der Waals surface area contributed by atoms with E-state index in [0.29, 0.717) is 18.3 Å². The van der Waals surface area contributed by atoms with Gasteiger partial charge < -0.3 is 15.3 Å². The van der Waals surface area contributed by atoms with Crippen molar-refractivity contribution in [1.82, 2.24) is 5.32 Å². The van der Waals surface area contributed by atoms with Crippen molar-refractivity contribution in [2.75, 3.05) is 24.6 Å². The van der Waals surface area contributed by atoms with Gasteiger partial charge >= 0.3 is 6.18 Å². The molecule has 0 aromatic heterocycles. The van der Waals surface area contributed by atoms with E-state index in [0.717, 1.165) is 16.0 Å². The van der Waals surface area contributed by atoms with Gasteiger partial charge in [-0.25, -0.2) is 0 Å². The van der Waals surface area contributed by atoms with E-state index >= 15 is 0 Å². The highest BCUT2D eigenvalue weighted by atomic mass is 19.4. The van der Waals surface area contributed by atoms with Crippen LogP contribution in [0.2, 0.25) is 0 Å². The summed E-state index contributed by atoms with van der Waals surface area (Å²) in [6, 6.07) is 5.59. The quantitative estimate of drug-likeness (QED) is 0.813. The van der Waals surface area contributed by atoms with Crippen LogP contribution in [0.4, 0.5) is 18.9 Å². The van der Waals surface area contributed by atoms with Crippen LogP contribution in [-0.4, -0.2) is 37.0 Å². The summed E-state index contributed by atoms with van der Waals surface area (Å²) < 4.78 is 37.7. The van der Waals surface area contributed by atoms with Crippen molar-refractivity contribution in [2.45, 2.75) is 39.5 Å². The summed E-state index contributed by atoms with van der Waals surface area (Å²) in [5.41, 5.74) is 2.47. The Kier molecular flexibility index (Phi) is 6.48. The van der Waals surface area contributed by atoms with Crippen LogP contribution in [0.1, 0.15) is 25.0 Å². The van der Waals surface area contributed by atoms with Gasteiger partial charge in [0.25, 0.3) is 0 Å². The first-order valence-corrected chi connectivity index (χ1v) is 6.98. The van der Waals surface area contributed by atoms with Crippen molar-refractivity contribution in [3.63, 3.8) is 0 Å². The lowest BCUT2D eigenvalue weighted by molar-refractivity contribution is -0.119. The highest BCUT2D eigenvalue weighted by Crippen LogP contribution is 2.24. The molecular weight excluding hydrogens is 281 g/mol. The summed E-state index contributed by atoms with van der Waals surface area (Å²) in [7, 11) is 0. The van der Waals surface area contributed by atoms with Crippen molar-refractivity contribution < 1.29 is 18.3 Å². The third-order valence-electron chi connectivity index (χ3n) is 3.13. The predicted octanol–water partition coefficient (Wildman–Crippen LogP) is 2.85. The third kappa shape index (κ3) is 6.35. The zero-order valence-corrected chi connectivity index (χ0v) is 12.7. The van der Waals surface area contributed by atoms with Crippen LogP contribution in [0.3, 0.4) is 0 Å². The SMILES string of the molecule is Cc1cc(N(CCO)CC(F)(F)F)ccc1CNC(C)C. The fourth-order valence-electron chi connectivity index (χ4n) is 2.03. The Morgan fingerprint density at radius 1 is 1.29 bits per heavy atom. The molecule has 3 nitrogen and oxygen atoms in total. The van der Waals surface area contributed by atoms with E-state index in [1.807, 2.05) is 26.8 Å². The largest absolute Gasteiger partial charge is 0.405 e. The summed E-state index contributed by atoms with van der Waals surface area (Å²) >= 11 is 0. The van der Waals surface area contributed by atoms with Crippen molar-refractivity contribution in [3.8, 4) is 0 Å². The second kappa shape index (κ2) is 7.66. The van der Waals surface area contributed by atoms with Crippen LogP contribution < -0.4 is 10.2 Å². The minimum atomic E-state index is -4.29. The number of nitrogens with one attached hydrogen (secondary N) is 1. The number of benzene rings is 1. The number of aliphatic hydroxyl groups excluding tert-OH is 1. The molecule has 1 rings (SSSR count). The molecule has 0 saturated carbocycles. The van der Waals surface area contributed by atoms with Gasteiger partial charge in [0.15, 0.2) is 0 Å². The van der Waals surface area contributed by atoms with Gasteiger partial charge in [0, 0.05) is 24.8 Å². The number of hydrogen-bond donors (Lipinski definition) is 2. The van der Waals surface area contributed by atoms with Crippen LogP contribution in [0.15, 0.2) is 18.2 Å². The number of rotatable bonds is 7. The van der Waals surface area contributed by atoms with E-state index < -0.39 is 12.7 Å². The molecule has 0 aliphatic rings. The smallest absolute Gasteiger partial charge is 0.395 e. The zero-order chi connectivity index (χ0) is 16.0. The van der Waals surface area contributed by atoms with Crippen LogP contribution in [-0.2, 0) is 6.54 Å². The topological polar surface area (TPSA) is 35.5 Å². The zero-order valence-electron chi connectivity index (χ0n) is 12.7. The molecule has 0 radical (unpaired) electrons. The van der Waals surface area contributed by atoms with Gasteiger partial charge in [-0.3, -0.25) is 0 Å². The second-order valence-electron chi connectivity index (χ2n) is 5.41. The fourth-order valence-corrected chi connectivity index (χ4v) is 2.03. The summed E-state index contributed by atoms with van der Waals surface area (Å²) in [5.74, 6) is 0. The molecule has 0 aliphatic heterocycles. The van der Waals surface area contributed by atoms with E-state index in [-0.39, 0.29) is 13.2 Å². The van der Waals surface area contributed by atoms with E-state index in [4.69, 9.17) is 5.11 Å². The molecule has 0 bridgehead atoms. The number of anilines is 1. The van der Waals surface area contributed by atoms with Gasteiger partial charge in [0.05, 0.1) is 6.61 Å². The summed E-state index contributed by atoms with van der Waals surface area (Å²) in [6.07, 6.45) is -4.29. The van der Waals surface area contributed by atoms with Crippen molar-refractivity contribution in [2.24, 2.45) is 0 Å². The molecule has 0 saturated heterocycles. The maximum absolute atomic E-state index is 12.6. The molecule has 0 aliphatic carbocycles. The van der Waals surface area contributed by atoms with Crippen molar-refractivity contribution >= 4 is 5.69 Å². The van der Waals surface area contributed by atoms with Gasteiger partial charge in [0.1, 0.15) is 6.54 Å². The number of alkyl halides is 3. The molecule has 0 atom stereocenters. The Bertz CT molecular complexity index is 447. The van der Waals surface area contributed by atoms with Crippen LogP contribution in [0.5, 0.6) is 0 Å². The Labute approximate surface area is 123 Å². The number of hydrogen-bond acceptors (Lipinski definition) is 3. The van der Waals surface area contributed by atoms with Crippen molar-refractivity contribution in [3.05, 3.63) is 29.3 Å². The summed E-state index contributed by atoms with van der Waals surface area (Å²) in [6.45, 7) is 5.23. The summed E-state index contributed by atoms with van der Waals surface area (Å²) in [5, 5.41) is 12.2. The minimum absolute atomic E-state index is 0.0391. The maximum atomic E-state index is 12.6. The first kappa shape index (κ1) is 17.8. The average molecular weight is 304 g/mol. The molecular formula is C15H23F3N2O. The monoisotopic (exact) mass is 304 g/mol. The minimum Gasteiger partial charge on any atom is -0.395 e. The molecule has 0 spiro atoms. The molecule has 2 N–H and O–H groups in total. The number of halogens is 3. The van der Waals surface area contributed by atoms with Gasteiger partial charge in [-0.05, 0) is 30.2 Å². The number of aliphatic hydroxyl groups is 1. The Morgan fingerprint density at radius 2 is 1.95 bits per heavy atom. The molecule has 0 amide bonds. The Balaban J connectivity index is 2.87. The first-order valence-electron chi connectivity index (χ1n) is 6.98. The Hall–Kier alpha value is -1.27. The third-order valence-corrected chi connectivity index (χ3v) is 3.13. The first-order chi connectivity index (χ1) is 9.73. The number of nitrogens with zero attached hydrogens (tertiary/aromatic N) is 1. The van der Waals surface area contributed by atoms with Gasteiger partial charge in [-0.15, -0.1) is 0 Å². The molecule has 0 fully saturated rings. The lowest BCUT2D eigenvalue weighted by atomic mass is 10.1. The predicted molar refractivity (Wildman–Crippen MR) is 78.5 cm³/mol. The summed E-state index contributed by atoms with van der Waals surface area (Å²) in [4.78, 5) is 1.15. The van der Waals surface area contributed by atoms with E-state index in [1.54, 1.807) is 12.1 Å². The highest BCUT2D eigenvalue weighted by Gasteiger charge is 2.30. The van der Waals surface area contributed by atoms with E-state index in [2.05, 4.69) is 5.32 Å². The molecule has 0 unspecified atom stereocenters. The van der Waals surface area contributed by atoms with Crippen LogP contribution in [0.25, 0.3) is 0 Å². The second-order valence-corrected chi connectivity index (χ2v) is 5.41. The van der Waals surface area contributed by atoms with Crippen LogP contribution >= 0.6 is 0 Å².